The van der Waals surface area contributed by atoms with Gasteiger partial charge in [0.15, 0.2) is 5.65 Å². The predicted octanol–water partition coefficient (Wildman–Crippen LogP) is 3.98. The lowest BCUT2D eigenvalue weighted by atomic mass is 10.1. The van der Waals surface area contributed by atoms with Gasteiger partial charge in [-0.2, -0.15) is 5.26 Å². The van der Waals surface area contributed by atoms with Crippen LogP contribution in [-0.2, 0) is 0 Å². The fourth-order valence-electron chi connectivity index (χ4n) is 3.21. The van der Waals surface area contributed by atoms with Crippen LogP contribution in [0.3, 0.4) is 0 Å². The lowest BCUT2D eigenvalue weighted by Crippen LogP contribution is -2.12. The molecule has 0 saturated carbocycles. The minimum Gasteiger partial charge on any atom is -0.371 e. The maximum absolute atomic E-state index is 9.55. The number of aryl methyl sites for hydroxylation is 1. The van der Waals surface area contributed by atoms with Crippen LogP contribution in [0.1, 0.15) is 17.5 Å². The van der Waals surface area contributed by atoms with Gasteiger partial charge in [-0.05, 0) is 49.2 Å². The van der Waals surface area contributed by atoms with Crippen molar-refractivity contribution in [2.24, 2.45) is 0 Å². The van der Waals surface area contributed by atoms with E-state index in [0.29, 0.717) is 11.2 Å². The van der Waals surface area contributed by atoms with E-state index in [0.717, 1.165) is 47.7 Å². The minimum atomic E-state index is 0.619. The number of para-hydroxylation sites is 2. The van der Waals surface area contributed by atoms with Crippen molar-refractivity contribution < 1.29 is 0 Å². The maximum atomic E-state index is 9.55. The van der Waals surface area contributed by atoms with Gasteiger partial charge in [-0.1, -0.05) is 18.2 Å². The molecule has 27 heavy (non-hydrogen) atoms. The van der Waals surface area contributed by atoms with Crippen molar-refractivity contribution in [1.29, 1.82) is 5.26 Å². The van der Waals surface area contributed by atoms with Crippen LogP contribution in [0.5, 0.6) is 0 Å². The standard InChI is InChI=1S/C21H20N6/c1-15-13-20(25-12-6-11-24-19-9-4-5-10-23-19)27-18-8-3-2-7-17(18)26-21(27)16(15)14-22/h2-5,7-10,13,25H,6,11-12H2,1H3,(H,23,24). The number of nitriles is 1. The molecule has 3 heterocycles. The molecule has 6 nitrogen and oxygen atoms in total. The average molecular weight is 356 g/mol. The van der Waals surface area contributed by atoms with Crippen LogP contribution in [0.25, 0.3) is 16.7 Å². The summed E-state index contributed by atoms with van der Waals surface area (Å²) in [6, 6.07) is 18.1. The van der Waals surface area contributed by atoms with E-state index in [1.807, 2.05) is 59.9 Å². The van der Waals surface area contributed by atoms with E-state index < -0.39 is 0 Å². The van der Waals surface area contributed by atoms with E-state index in [-0.39, 0.29) is 0 Å². The second-order valence-electron chi connectivity index (χ2n) is 6.38. The third kappa shape index (κ3) is 3.27. The molecule has 0 aliphatic carbocycles. The van der Waals surface area contributed by atoms with Crippen LogP contribution >= 0.6 is 0 Å². The molecule has 0 unspecified atom stereocenters. The molecule has 1 aromatic carbocycles. The van der Waals surface area contributed by atoms with E-state index in [9.17, 15) is 5.26 Å². The quantitative estimate of drug-likeness (QED) is 0.511. The molecule has 3 aromatic heterocycles. The van der Waals surface area contributed by atoms with Gasteiger partial charge in [0.1, 0.15) is 17.7 Å². The largest absolute Gasteiger partial charge is 0.371 e. The Morgan fingerprint density at radius 1 is 1.07 bits per heavy atom. The Morgan fingerprint density at radius 2 is 1.89 bits per heavy atom. The van der Waals surface area contributed by atoms with Crippen LogP contribution in [0.4, 0.5) is 11.6 Å². The molecular formula is C21H20N6. The summed E-state index contributed by atoms with van der Waals surface area (Å²) >= 11 is 0. The average Bonchev–Trinajstić information content (AvgIpc) is 3.08. The summed E-state index contributed by atoms with van der Waals surface area (Å²) in [6.07, 6.45) is 2.71. The van der Waals surface area contributed by atoms with Gasteiger partial charge in [0.05, 0.1) is 16.6 Å². The fraction of sp³-hybridized carbons (Fsp3) is 0.190. The van der Waals surface area contributed by atoms with Crippen molar-refractivity contribution in [3.8, 4) is 6.07 Å². The summed E-state index contributed by atoms with van der Waals surface area (Å²) in [4.78, 5) is 8.93. The highest BCUT2D eigenvalue weighted by Crippen LogP contribution is 2.26. The molecule has 0 aliphatic heterocycles. The summed E-state index contributed by atoms with van der Waals surface area (Å²) in [7, 11) is 0. The monoisotopic (exact) mass is 356 g/mol. The molecule has 4 rings (SSSR count). The third-order valence-electron chi connectivity index (χ3n) is 4.52. The van der Waals surface area contributed by atoms with E-state index in [4.69, 9.17) is 0 Å². The molecule has 6 heteroatoms. The molecule has 0 spiro atoms. The van der Waals surface area contributed by atoms with Gasteiger partial charge in [-0.25, -0.2) is 9.97 Å². The second kappa shape index (κ2) is 7.34. The van der Waals surface area contributed by atoms with Gasteiger partial charge < -0.3 is 10.6 Å². The maximum Gasteiger partial charge on any atom is 0.157 e. The summed E-state index contributed by atoms with van der Waals surface area (Å²) < 4.78 is 2.03. The Morgan fingerprint density at radius 3 is 2.70 bits per heavy atom. The van der Waals surface area contributed by atoms with Gasteiger partial charge in [0.2, 0.25) is 0 Å². The van der Waals surface area contributed by atoms with Crippen LogP contribution in [0, 0.1) is 18.3 Å². The Bertz CT molecular complexity index is 1120. The molecule has 2 N–H and O–H groups in total. The summed E-state index contributed by atoms with van der Waals surface area (Å²) in [5.41, 5.74) is 4.13. The van der Waals surface area contributed by atoms with Gasteiger partial charge in [-0.15, -0.1) is 0 Å². The topological polar surface area (TPSA) is 78.0 Å². The van der Waals surface area contributed by atoms with Gasteiger partial charge in [-0.3, -0.25) is 4.40 Å². The van der Waals surface area contributed by atoms with Crippen molar-refractivity contribution in [2.75, 3.05) is 23.7 Å². The number of aromatic nitrogens is 3. The first-order valence-electron chi connectivity index (χ1n) is 8.97. The number of imidazole rings is 1. The molecule has 0 atom stereocenters. The first kappa shape index (κ1) is 16.9. The van der Waals surface area contributed by atoms with Crippen molar-refractivity contribution in [1.82, 2.24) is 14.4 Å². The summed E-state index contributed by atoms with van der Waals surface area (Å²) in [5, 5.41) is 16.4. The number of fused-ring (bicyclic) bond motifs is 3. The molecule has 4 aromatic rings. The molecule has 0 fully saturated rings. The molecule has 0 aliphatic rings. The zero-order valence-corrected chi connectivity index (χ0v) is 15.1. The van der Waals surface area contributed by atoms with E-state index >= 15 is 0 Å². The zero-order chi connectivity index (χ0) is 18.6. The van der Waals surface area contributed by atoms with Gasteiger partial charge in [0.25, 0.3) is 0 Å². The number of hydrogen-bond acceptors (Lipinski definition) is 5. The smallest absolute Gasteiger partial charge is 0.157 e. The van der Waals surface area contributed by atoms with E-state index in [1.54, 1.807) is 6.20 Å². The van der Waals surface area contributed by atoms with Crippen molar-refractivity contribution in [2.45, 2.75) is 13.3 Å². The number of anilines is 2. The molecule has 0 amide bonds. The first-order valence-corrected chi connectivity index (χ1v) is 8.97. The fourth-order valence-corrected chi connectivity index (χ4v) is 3.21. The molecule has 0 bridgehead atoms. The van der Waals surface area contributed by atoms with Crippen LogP contribution < -0.4 is 10.6 Å². The second-order valence-corrected chi connectivity index (χ2v) is 6.38. The predicted molar refractivity (Wildman–Crippen MR) is 108 cm³/mol. The lowest BCUT2D eigenvalue weighted by Gasteiger charge is -2.12. The Hall–Kier alpha value is -3.59. The number of benzene rings is 1. The normalized spacial score (nSPS) is 10.8. The Labute approximate surface area is 157 Å². The van der Waals surface area contributed by atoms with Crippen LogP contribution in [0.2, 0.25) is 0 Å². The highest BCUT2D eigenvalue weighted by Gasteiger charge is 2.14. The highest BCUT2D eigenvalue weighted by molar-refractivity contribution is 5.85. The Balaban J connectivity index is 1.55. The van der Waals surface area contributed by atoms with Gasteiger partial charge >= 0.3 is 0 Å². The van der Waals surface area contributed by atoms with Crippen LogP contribution in [-0.4, -0.2) is 27.5 Å². The van der Waals surface area contributed by atoms with Crippen molar-refractivity contribution >= 4 is 28.3 Å². The van der Waals surface area contributed by atoms with Crippen LogP contribution in [0.15, 0.2) is 54.7 Å². The summed E-state index contributed by atoms with van der Waals surface area (Å²) in [5.74, 6) is 1.84. The number of pyridine rings is 2. The number of nitrogens with one attached hydrogen (secondary N) is 2. The number of rotatable bonds is 6. The zero-order valence-electron chi connectivity index (χ0n) is 15.1. The van der Waals surface area contributed by atoms with Crippen molar-refractivity contribution in [3.05, 3.63) is 65.9 Å². The van der Waals surface area contributed by atoms with E-state index in [1.165, 1.54) is 0 Å². The minimum absolute atomic E-state index is 0.619. The SMILES string of the molecule is Cc1cc(NCCCNc2ccccn2)n2c(nc3ccccc32)c1C#N. The number of hydrogen-bond donors (Lipinski definition) is 2. The molecular weight excluding hydrogens is 336 g/mol. The lowest BCUT2D eigenvalue weighted by molar-refractivity contribution is 0.896. The molecule has 0 saturated heterocycles. The van der Waals surface area contributed by atoms with E-state index in [2.05, 4.69) is 26.7 Å². The number of nitrogens with zero attached hydrogens (tertiary/aromatic N) is 4. The van der Waals surface area contributed by atoms with Gasteiger partial charge in [0, 0.05) is 19.3 Å². The third-order valence-corrected chi connectivity index (χ3v) is 4.52. The molecule has 134 valence electrons. The Kier molecular flexibility index (Phi) is 4.58. The first-order chi connectivity index (χ1) is 13.3. The highest BCUT2D eigenvalue weighted by atomic mass is 15.1. The molecule has 0 radical (unpaired) electrons. The van der Waals surface area contributed by atoms with Crippen molar-refractivity contribution in [3.63, 3.8) is 0 Å². The summed E-state index contributed by atoms with van der Waals surface area (Å²) in [6.45, 7) is 3.57.